The van der Waals surface area contributed by atoms with Crippen molar-refractivity contribution in [3.8, 4) is 0 Å². The van der Waals surface area contributed by atoms with Crippen LogP contribution in [-0.4, -0.2) is 26.8 Å². The second-order valence-electron chi connectivity index (χ2n) is 4.76. The van der Waals surface area contributed by atoms with Gasteiger partial charge in [0.1, 0.15) is 0 Å². The lowest BCUT2D eigenvalue weighted by atomic mass is 10.2. The minimum absolute atomic E-state index is 0.168. The molecule has 1 N–H and O–H groups in total. The predicted molar refractivity (Wildman–Crippen MR) is 69.7 cm³/mol. The number of nitrogens with one attached hydrogen (secondary N) is 1. The first kappa shape index (κ1) is 12.6. The van der Waals surface area contributed by atoms with Crippen molar-refractivity contribution in [1.29, 1.82) is 0 Å². The molecule has 0 aliphatic carbocycles. The summed E-state index contributed by atoms with van der Waals surface area (Å²) in [5, 5.41) is 2.95. The summed E-state index contributed by atoms with van der Waals surface area (Å²) in [6.45, 7) is 3.53. The van der Waals surface area contributed by atoms with Crippen LogP contribution in [0.4, 0.5) is 0 Å². The summed E-state index contributed by atoms with van der Waals surface area (Å²) in [6.07, 6.45) is 1.75. The number of piperidine rings is 1. The topological polar surface area (TPSA) is 46.2 Å². The van der Waals surface area contributed by atoms with Gasteiger partial charge in [0.25, 0.3) is 0 Å². The lowest BCUT2D eigenvalue weighted by Gasteiger charge is -2.22. The molecule has 1 heterocycles. The van der Waals surface area contributed by atoms with E-state index in [4.69, 9.17) is 0 Å². The Bertz CT molecular complexity index is 476. The summed E-state index contributed by atoms with van der Waals surface area (Å²) in [4.78, 5) is 0. The Labute approximate surface area is 103 Å². The van der Waals surface area contributed by atoms with E-state index in [-0.39, 0.29) is 11.0 Å². The standard InChI is InChI=1S/C13H19NO2S/c1-11-4-2-5-12(8-11)10-17(15,16)13-6-3-7-14-9-13/h2,4-5,8,13-14H,3,6-7,9-10H2,1H3. The maximum atomic E-state index is 12.2. The molecule has 1 aliphatic heterocycles. The van der Waals surface area contributed by atoms with Crippen molar-refractivity contribution in [2.24, 2.45) is 0 Å². The lowest BCUT2D eigenvalue weighted by molar-refractivity contribution is 0.496. The number of benzene rings is 1. The van der Waals surface area contributed by atoms with Crippen molar-refractivity contribution < 1.29 is 8.42 Å². The lowest BCUT2D eigenvalue weighted by Crippen LogP contribution is -2.39. The highest BCUT2D eigenvalue weighted by molar-refractivity contribution is 7.91. The fourth-order valence-corrected chi connectivity index (χ4v) is 4.06. The Morgan fingerprint density at radius 2 is 2.24 bits per heavy atom. The second kappa shape index (κ2) is 5.19. The van der Waals surface area contributed by atoms with E-state index >= 15 is 0 Å². The fraction of sp³-hybridized carbons (Fsp3) is 0.538. The normalized spacial score (nSPS) is 21.4. The predicted octanol–water partition coefficient (Wildman–Crippen LogP) is 1.66. The molecule has 17 heavy (non-hydrogen) atoms. The molecule has 1 atom stereocenters. The smallest absolute Gasteiger partial charge is 0.158 e. The zero-order valence-electron chi connectivity index (χ0n) is 10.1. The average molecular weight is 253 g/mol. The van der Waals surface area contributed by atoms with E-state index in [1.54, 1.807) is 0 Å². The molecule has 4 heteroatoms. The molecule has 1 unspecified atom stereocenters. The number of rotatable bonds is 3. The third-order valence-corrected chi connectivity index (χ3v) is 5.36. The van der Waals surface area contributed by atoms with Gasteiger partial charge in [-0.15, -0.1) is 0 Å². The monoisotopic (exact) mass is 253 g/mol. The summed E-state index contributed by atoms with van der Waals surface area (Å²) in [5.74, 6) is 0.168. The van der Waals surface area contributed by atoms with Gasteiger partial charge in [-0.05, 0) is 31.9 Å². The number of aryl methyl sites for hydroxylation is 1. The number of hydrogen-bond acceptors (Lipinski definition) is 3. The second-order valence-corrected chi connectivity index (χ2v) is 7.05. The molecule has 0 saturated carbocycles. The molecule has 0 amide bonds. The van der Waals surface area contributed by atoms with Crippen LogP contribution in [0.5, 0.6) is 0 Å². The van der Waals surface area contributed by atoms with E-state index in [1.807, 2.05) is 31.2 Å². The van der Waals surface area contributed by atoms with Crippen LogP contribution in [0.15, 0.2) is 24.3 Å². The fourth-order valence-electron chi connectivity index (χ4n) is 2.28. The Kier molecular flexibility index (Phi) is 3.84. The molecule has 1 aromatic rings. The molecule has 1 fully saturated rings. The van der Waals surface area contributed by atoms with E-state index in [2.05, 4.69) is 5.32 Å². The van der Waals surface area contributed by atoms with Crippen LogP contribution in [0.2, 0.25) is 0 Å². The van der Waals surface area contributed by atoms with Gasteiger partial charge in [-0.2, -0.15) is 0 Å². The molecule has 1 aliphatic rings. The molecule has 1 aromatic carbocycles. The van der Waals surface area contributed by atoms with Crippen LogP contribution in [0.1, 0.15) is 24.0 Å². The van der Waals surface area contributed by atoms with Gasteiger partial charge in [-0.1, -0.05) is 29.8 Å². The van der Waals surface area contributed by atoms with Gasteiger partial charge in [0, 0.05) is 6.54 Å². The zero-order valence-corrected chi connectivity index (χ0v) is 11.0. The maximum Gasteiger partial charge on any atom is 0.158 e. The van der Waals surface area contributed by atoms with Crippen molar-refractivity contribution in [1.82, 2.24) is 5.32 Å². The van der Waals surface area contributed by atoms with Crippen LogP contribution in [-0.2, 0) is 15.6 Å². The third-order valence-electron chi connectivity index (χ3n) is 3.21. The molecule has 94 valence electrons. The summed E-state index contributed by atoms with van der Waals surface area (Å²) in [5.41, 5.74) is 2.01. The van der Waals surface area contributed by atoms with Crippen molar-refractivity contribution in [2.75, 3.05) is 13.1 Å². The van der Waals surface area contributed by atoms with Crippen molar-refractivity contribution in [3.05, 3.63) is 35.4 Å². The van der Waals surface area contributed by atoms with Crippen LogP contribution in [0.25, 0.3) is 0 Å². The summed E-state index contributed by atoms with van der Waals surface area (Å²) in [6, 6.07) is 7.74. The van der Waals surface area contributed by atoms with Gasteiger partial charge in [-0.3, -0.25) is 0 Å². The molecular weight excluding hydrogens is 234 g/mol. The van der Waals surface area contributed by atoms with Crippen molar-refractivity contribution >= 4 is 9.84 Å². The van der Waals surface area contributed by atoms with Gasteiger partial charge in [0.05, 0.1) is 11.0 Å². The highest BCUT2D eigenvalue weighted by Crippen LogP contribution is 2.17. The molecule has 2 rings (SSSR count). The quantitative estimate of drug-likeness (QED) is 0.891. The summed E-state index contributed by atoms with van der Waals surface area (Å²) < 4.78 is 24.5. The van der Waals surface area contributed by atoms with Gasteiger partial charge < -0.3 is 5.32 Å². The van der Waals surface area contributed by atoms with E-state index in [1.165, 1.54) is 0 Å². The highest BCUT2D eigenvalue weighted by Gasteiger charge is 2.27. The Morgan fingerprint density at radius 3 is 2.88 bits per heavy atom. The van der Waals surface area contributed by atoms with Crippen molar-refractivity contribution in [2.45, 2.75) is 30.8 Å². The molecule has 0 radical (unpaired) electrons. The molecule has 0 spiro atoms. The molecule has 0 bridgehead atoms. The largest absolute Gasteiger partial charge is 0.315 e. The van der Waals surface area contributed by atoms with Crippen LogP contribution in [0.3, 0.4) is 0 Å². The van der Waals surface area contributed by atoms with Crippen LogP contribution < -0.4 is 5.32 Å². The third kappa shape index (κ3) is 3.30. The van der Waals surface area contributed by atoms with Gasteiger partial charge in [0.2, 0.25) is 0 Å². The molecule has 0 aromatic heterocycles. The van der Waals surface area contributed by atoms with Gasteiger partial charge in [0.15, 0.2) is 9.84 Å². The summed E-state index contributed by atoms with van der Waals surface area (Å²) in [7, 11) is -3.02. The van der Waals surface area contributed by atoms with Crippen LogP contribution in [0, 0.1) is 6.92 Å². The molecule has 1 saturated heterocycles. The molecule has 3 nitrogen and oxygen atoms in total. The maximum absolute atomic E-state index is 12.2. The average Bonchev–Trinajstić information content (AvgIpc) is 2.29. The Morgan fingerprint density at radius 1 is 1.41 bits per heavy atom. The van der Waals surface area contributed by atoms with E-state index in [0.29, 0.717) is 6.54 Å². The Balaban J connectivity index is 2.11. The first-order valence-electron chi connectivity index (χ1n) is 6.06. The van der Waals surface area contributed by atoms with E-state index in [9.17, 15) is 8.42 Å². The highest BCUT2D eigenvalue weighted by atomic mass is 32.2. The van der Waals surface area contributed by atoms with Crippen LogP contribution >= 0.6 is 0 Å². The van der Waals surface area contributed by atoms with E-state index < -0.39 is 9.84 Å². The summed E-state index contributed by atoms with van der Waals surface area (Å²) >= 11 is 0. The van der Waals surface area contributed by atoms with Gasteiger partial charge in [-0.25, -0.2) is 8.42 Å². The van der Waals surface area contributed by atoms with Crippen molar-refractivity contribution in [3.63, 3.8) is 0 Å². The minimum Gasteiger partial charge on any atom is -0.315 e. The number of sulfone groups is 1. The first-order valence-corrected chi connectivity index (χ1v) is 7.77. The van der Waals surface area contributed by atoms with Gasteiger partial charge >= 0.3 is 0 Å². The number of hydrogen-bond donors (Lipinski definition) is 1. The van der Waals surface area contributed by atoms with E-state index in [0.717, 1.165) is 30.5 Å². The first-order chi connectivity index (χ1) is 8.08. The Hall–Kier alpha value is -0.870. The molecular formula is C13H19NO2S. The minimum atomic E-state index is -3.02. The zero-order chi connectivity index (χ0) is 12.3. The SMILES string of the molecule is Cc1cccc(CS(=O)(=O)C2CCCNC2)c1.